The van der Waals surface area contributed by atoms with Crippen molar-refractivity contribution in [3.63, 3.8) is 0 Å². The first-order valence-electron chi connectivity index (χ1n) is 11.9. The van der Waals surface area contributed by atoms with Gasteiger partial charge >= 0.3 is 0 Å². The number of hydrogen-bond donors (Lipinski definition) is 2. The average molecular weight is 442 g/mol. The standard InChI is InChI=1S/C24H35N5O3/c1-4-21-18(13-28(5-2)6-3)11-22(32-21)24(31)29-14-16-9-19(20(30)10-17(16)15-29)27-23-12-25-7-8-26-23/h7-8,11-12,16-17,19-20,30H,4-6,9-10,13-15H2,1-3H3,(H,26,27)/t16-,17+,19-,20-/m1/s1. The van der Waals surface area contributed by atoms with Gasteiger partial charge in [-0.1, -0.05) is 20.8 Å². The van der Waals surface area contributed by atoms with E-state index in [1.807, 2.05) is 11.0 Å². The lowest BCUT2D eigenvalue weighted by atomic mass is 9.77. The quantitative estimate of drug-likeness (QED) is 0.650. The van der Waals surface area contributed by atoms with Gasteiger partial charge in [-0.05, 0) is 43.8 Å². The molecule has 0 bridgehead atoms. The van der Waals surface area contributed by atoms with Crippen LogP contribution in [0.15, 0.2) is 29.1 Å². The molecule has 2 fully saturated rings. The molecule has 0 unspecified atom stereocenters. The zero-order chi connectivity index (χ0) is 22.7. The number of rotatable bonds is 8. The van der Waals surface area contributed by atoms with Gasteiger partial charge in [-0.2, -0.15) is 0 Å². The van der Waals surface area contributed by atoms with Crippen LogP contribution in [0, 0.1) is 11.8 Å². The van der Waals surface area contributed by atoms with E-state index < -0.39 is 6.10 Å². The van der Waals surface area contributed by atoms with Crippen LogP contribution in [0.4, 0.5) is 5.82 Å². The summed E-state index contributed by atoms with van der Waals surface area (Å²) in [6.45, 7) is 10.5. The van der Waals surface area contributed by atoms with Crippen molar-refractivity contribution in [2.45, 2.75) is 58.7 Å². The van der Waals surface area contributed by atoms with E-state index in [-0.39, 0.29) is 11.9 Å². The summed E-state index contributed by atoms with van der Waals surface area (Å²) in [5, 5.41) is 14.0. The first kappa shape index (κ1) is 22.7. The fraction of sp³-hybridized carbons (Fsp3) is 0.625. The lowest BCUT2D eigenvalue weighted by Crippen LogP contribution is -2.43. The summed E-state index contributed by atoms with van der Waals surface area (Å²) >= 11 is 0. The van der Waals surface area contributed by atoms with Gasteiger partial charge in [0.25, 0.3) is 5.91 Å². The lowest BCUT2D eigenvalue weighted by Gasteiger charge is -2.35. The van der Waals surface area contributed by atoms with Crippen LogP contribution in [0.3, 0.4) is 0 Å². The lowest BCUT2D eigenvalue weighted by molar-refractivity contribution is 0.0719. The highest BCUT2D eigenvalue weighted by Gasteiger charge is 2.43. The summed E-state index contributed by atoms with van der Waals surface area (Å²) in [4.78, 5) is 25.9. The minimum Gasteiger partial charge on any atom is -0.456 e. The molecule has 0 spiro atoms. The van der Waals surface area contributed by atoms with Gasteiger partial charge in [0.15, 0.2) is 5.76 Å². The minimum absolute atomic E-state index is 0.0344. The highest BCUT2D eigenvalue weighted by Crippen LogP contribution is 2.38. The maximum atomic E-state index is 13.3. The molecule has 1 aliphatic carbocycles. The predicted molar refractivity (Wildman–Crippen MR) is 122 cm³/mol. The van der Waals surface area contributed by atoms with E-state index in [0.717, 1.165) is 43.8 Å². The van der Waals surface area contributed by atoms with E-state index in [2.05, 4.69) is 41.0 Å². The molecule has 2 N–H and O–H groups in total. The second-order valence-electron chi connectivity index (χ2n) is 8.98. The number of amides is 1. The molecule has 1 amide bonds. The first-order chi connectivity index (χ1) is 15.5. The van der Waals surface area contributed by atoms with Crippen LogP contribution in [-0.4, -0.2) is 69.1 Å². The van der Waals surface area contributed by atoms with Crippen molar-refractivity contribution < 1.29 is 14.3 Å². The Kier molecular flexibility index (Phi) is 7.10. The molecule has 2 aromatic rings. The SMILES string of the molecule is CCc1oc(C(=O)N2C[C@H]3C[C@@H](Nc4cnccn4)[C@H](O)C[C@H]3C2)cc1CN(CC)CC. The molecular formula is C24H35N5O3. The number of carbonyl (C=O) groups is 1. The van der Waals surface area contributed by atoms with Gasteiger partial charge in [0, 0.05) is 44.0 Å². The van der Waals surface area contributed by atoms with Gasteiger partial charge in [-0.15, -0.1) is 0 Å². The van der Waals surface area contributed by atoms with Crippen molar-refractivity contribution in [1.82, 2.24) is 19.8 Å². The van der Waals surface area contributed by atoms with Crippen molar-refractivity contribution in [2.24, 2.45) is 11.8 Å². The molecule has 1 saturated carbocycles. The number of aliphatic hydroxyl groups excluding tert-OH is 1. The second-order valence-corrected chi connectivity index (χ2v) is 8.98. The molecule has 2 aliphatic rings. The van der Waals surface area contributed by atoms with Crippen LogP contribution in [0.5, 0.6) is 0 Å². The number of hydrogen-bond acceptors (Lipinski definition) is 7. The third kappa shape index (κ3) is 4.81. The Morgan fingerprint density at radius 3 is 2.62 bits per heavy atom. The second kappa shape index (κ2) is 10.0. The number of anilines is 1. The van der Waals surface area contributed by atoms with Gasteiger partial charge in [0.1, 0.15) is 11.6 Å². The van der Waals surface area contributed by atoms with Crippen LogP contribution >= 0.6 is 0 Å². The van der Waals surface area contributed by atoms with Crippen molar-refractivity contribution >= 4 is 11.7 Å². The fourth-order valence-corrected chi connectivity index (χ4v) is 5.16. The number of nitrogens with one attached hydrogen (secondary N) is 1. The largest absolute Gasteiger partial charge is 0.456 e. The van der Waals surface area contributed by atoms with Crippen molar-refractivity contribution in [2.75, 3.05) is 31.5 Å². The van der Waals surface area contributed by atoms with Crippen LogP contribution in [-0.2, 0) is 13.0 Å². The summed E-state index contributed by atoms with van der Waals surface area (Å²) in [5.74, 6) is 2.65. The Bertz CT molecular complexity index is 898. The molecule has 1 aliphatic heterocycles. The van der Waals surface area contributed by atoms with E-state index in [0.29, 0.717) is 42.9 Å². The molecule has 0 radical (unpaired) electrons. The molecule has 32 heavy (non-hydrogen) atoms. The Labute approximate surface area is 190 Å². The first-order valence-corrected chi connectivity index (χ1v) is 11.9. The third-order valence-electron chi connectivity index (χ3n) is 7.04. The van der Waals surface area contributed by atoms with Gasteiger partial charge in [0.05, 0.1) is 18.3 Å². The molecule has 0 aromatic carbocycles. The highest BCUT2D eigenvalue weighted by atomic mass is 16.4. The molecule has 174 valence electrons. The van der Waals surface area contributed by atoms with E-state index >= 15 is 0 Å². The Morgan fingerprint density at radius 1 is 1.22 bits per heavy atom. The maximum Gasteiger partial charge on any atom is 0.289 e. The van der Waals surface area contributed by atoms with Crippen molar-refractivity contribution in [3.05, 3.63) is 41.7 Å². The number of fused-ring (bicyclic) bond motifs is 1. The molecule has 8 nitrogen and oxygen atoms in total. The normalized spacial score (nSPS) is 25.2. The number of aromatic nitrogens is 2. The summed E-state index contributed by atoms with van der Waals surface area (Å²) in [5.41, 5.74) is 1.11. The van der Waals surface area contributed by atoms with Crippen LogP contribution in [0.2, 0.25) is 0 Å². The van der Waals surface area contributed by atoms with E-state index in [4.69, 9.17) is 4.42 Å². The summed E-state index contributed by atoms with van der Waals surface area (Å²) in [6, 6.07) is 1.85. The van der Waals surface area contributed by atoms with E-state index in [1.165, 1.54) is 0 Å². The van der Waals surface area contributed by atoms with Crippen molar-refractivity contribution in [1.29, 1.82) is 0 Å². The van der Waals surface area contributed by atoms with Gasteiger partial charge in [-0.3, -0.25) is 14.7 Å². The maximum absolute atomic E-state index is 13.3. The molecule has 4 rings (SSSR count). The number of nitrogens with zero attached hydrogens (tertiary/aromatic N) is 4. The fourth-order valence-electron chi connectivity index (χ4n) is 5.16. The van der Waals surface area contributed by atoms with Crippen molar-refractivity contribution in [3.8, 4) is 0 Å². The predicted octanol–water partition coefficient (Wildman–Crippen LogP) is 2.80. The van der Waals surface area contributed by atoms with Crippen LogP contribution in [0.25, 0.3) is 0 Å². The number of carbonyl (C=O) groups excluding carboxylic acids is 1. The minimum atomic E-state index is -0.468. The van der Waals surface area contributed by atoms with Gasteiger partial charge < -0.3 is 19.7 Å². The Balaban J connectivity index is 1.42. The van der Waals surface area contributed by atoms with E-state index in [1.54, 1.807) is 18.6 Å². The topological polar surface area (TPSA) is 94.7 Å². The Morgan fingerprint density at radius 2 is 1.97 bits per heavy atom. The number of aryl methyl sites for hydroxylation is 1. The molecule has 3 heterocycles. The summed E-state index contributed by atoms with van der Waals surface area (Å²) in [7, 11) is 0. The molecule has 8 heteroatoms. The van der Waals surface area contributed by atoms with Gasteiger partial charge in [0.2, 0.25) is 0 Å². The summed E-state index contributed by atoms with van der Waals surface area (Å²) < 4.78 is 6.01. The molecule has 1 saturated heterocycles. The monoisotopic (exact) mass is 441 g/mol. The average Bonchev–Trinajstić information content (AvgIpc) is 3.41. The smallest absolute Gasteiger partial charge is 0.289 e. The zero-order valence-electron chi connectivity index (χ0n) is 19.3. The Hall–Kier alpha value is -2.45. The van der Waals surface area contributed by atoms with Crippen LogP contribution < -0.4 is 5.32 Å². The zero-order valence-corrected chi connectivity index (χ0v) is 19.3. The molecule has 2 aromatic heterocycles. The molecule has 4 atom stereocenters. The summed E-state index contributed by atoms with van der Waals surface area (Å²) in [6.07, 6.45) is 6.72. The number of aliphatic hydroxyl groups is 1. The highest BCUT2D eigenvalue weighted by molar-refractivity contribution is 5.92. The van der Waals surface area contributed by atoms with Crippen LogP contribution in [0.1, 0.15) is 55.5 Å². The molecular weight excluding hydrogens is 406 g/mol. The number of furan rings is 1. The van der Waals surface area contributed by atoms with E-state index in [9.17, 15) is 9.90 Å². The van der Waals surface area contributed by atoms with Gasteiger partial charge in [-0.25, -0.2) is 4.98 Å². The third-order valence-corrected chi connectivity index (χ3v) is 7.04. The number of likely N-dealkylation sites (tertiary alicyclic amines) is 1.